The summed E-state index contributed by atoms with van der Waals surface area (Å²) < 4.78 is 4.85. The van der Waals surface area contributed by atoms with Gasteiger partial charge in [-0.2, -0.15) is 0 Å². The maximum atomic E-state index is 11.6. The Balaban J connectivity index is 4.08. The monoisotopic (exact) mass is 347 g/mol. The van der Waals surface area contributed by atoms with Crippen LogP contribution < -0.4 is 5.73 Å². The van der Waals surface area contributed by atoms with Gasteiger partial charge in [-0.1, -0.05) is 45.4 Å². The number of nitrogens with two attached hydrogens (primary N) is 1. The minimum absolute atomic E-state index is 0.434. The van der Waals surface area contributed by atoms with Gasteiger partial charge in [-0.3, -0.25) is 15.3 Å². The molecule has 5 N–H and O–H groups in total. The van der Waals surface area contributed by atoms with E-state index in [2.05, 4.69) is 6.92 Å². The summed E-state index contributed by atoms with van der Waals surface area (Å²) in [6.07, 6.45) is 5.08. The second-order valence-electron chi connectivity index (χ2n) is 6.02. The average Bonchev–Trinajstić information content (AvgIpc) is 2.44. The number of carbonyl (C=O) groups is 3. The molecule has 0 aromatic rings. The lowest BCUT2D eigenvalue weighted by molar-refractivity contribution is -0.173. The van der Waals surface area contributed by atoms with Crippen LogP contribution in [0.5, 0.6) is 0 Å². The molecule has 0 aromatic carbocycles. The molecule has 0 saturated heterocycles. The zero-order valence-electron chi connectivity index (χ0n) is 14.2. The fourth-order valence-corrected chi connectivity index (χ4v) is 2.27. The predicted octanol–water partition coefficient (Wildman–Crippen LogP) is 1.64. The number of carbonyl (C=O) groups excluding carboxylic acids is 1. The molecule has 140 valence electrons. The van der Waals surface area contributed by atoms with Gasteiger partial charge in [0, 0.05) is 0 Å². The van der Waals surface area contributed by atoms with E-state index < -0.39 is 42.6 Å². The Bertz CT molecular complexity index is 413. The molecule has 0 fully saturated rings. The summed E-state index contributed by atoms with van der Waals surface area (Å²) >= 11 is 0. The van der Waals surface area contributed by atoms with Gasteiger partial charge in [0.1, 0.15) is 0 Å². The van der Waals surface area contributed by atoms with Gasteiger partial charge in [0.25, 0.3) is 0 Å². The highest BCUT2D eigenvalue weighted by Gasteiger charge is 2.41. The van der Waals surface area contributed by atoms with Gasteiger partial charge in [0.05, 0.1) is 12.8 Å². The summed E-state index contributed by atoms with van der Waals surface area (Å²) in [5.74, 6) is -4.35. The van der Waals surface area contributed by atoms with Crippen LogP contribution in [-0.4, -0.2) is 45.1 Å². The molecule has 2 atom stereocenters. The van der Waals surface area contributed by atoms with Crippen molar-refractivity contribution in [2.75, 3.05) is 0 Å². The third-order valence-electron chi connectivity index (χ3n) is 3.65. The lowest BCUT2D eigenvalue weighted by Gasteiger charge is -2.21. The van der Waals surface area contributed by atoms with Gasteiger partial charge in [0.2, 0.25) is 0 Å². The lowest BCUT2D eigenvalue weighted by atomic mass is 9.96. The van der Waals surface area contributed by atoms with Crippen LogP contribution in [0.15, 0.2) is 0 Å². The first kappa shape index (κ1) is 22.3. The number of rotatable bonds is 14. The van der Waals surface area contributed by atoms with E-state index >= 15 is 0 Å². The van der Waals surface area contributed by atoms with Gasteiger partial charge in [-0.15, -0.1) is 0 Å². The minimum atomic E-state index is -2.69. The minimum Gasteiger partial charge on any atom is -0.481 e. The number of unbranched alkanes of at least 4 members (excludes halogenated alkanes) is 6. The Labute approximate surface area is 142 Å². The summed E-state index contributed by atoms with van der Waals surface area (Å²) in [5.41, 5.74) is 2.95. The number of carboxylic acid groups (broad SMARTS) is 2. The van der Waals surface area contributed by atoms with Gasteiger partial charge < -0.3 is 20.1 Å². The summed E-state index contributed by atoms with van der Waals surface area (Å²) in [7, 11) is 0. The summed E-state index contributed by atoms with van der Waals surface area (Å²) in [6.45, 7) is 2.15. The molecule has 0 bridgehead atoms. The average molecular weight is 347 g/mol. The number of ether oxygens (including phenoxy) is 1. The van der Waals surface area contributed by atoms with E-state index in [1.54, 1.807) is 0 Å². The van der Waals surface area contributed by atoms with E-state index in [0.29, 0.717) is 6.42 Å². The summed E-state index contributed by atoms with van der Waals surface area (Å²) in [4.78, 5) is 33.2. The van der Waals surface area contributed by atoms with Gasteiger partial charge >= 0.3 is 17.9 Å². The number of hydrogen-bond donors (Lipinski definition) is 4. The molecule has 0 aliphatic carbocycles. The first-order valence-electron chi connectivity index (χ1n) is 8.34. The Hall–Kier alpha value is -1.67. The maximum Gasteiger partial charge on any atom is 0.336 e. The van der Waals surface area contributed by atoms with Crippen molar-refractivity contribution in [2.24, 2.45) is 5.73 Å². The maximum absolute atomic E-state index is 11.6. The van der Waals surface area contributed by atoms with Crippen LogP contribution >= 0.6 is 0 Å². The van der Waals surface area contributed by atoms with Crippen molar-refractivity contribution in [3.05, 3.63) is 0 Å². The highest BCUT2D eigenvalue weighted by molar-refractivity contribution is 5.88. The molecule has 8 heteroatoms. The van der Waals surface area contributed by atoms with E-state index in [0.717, 1.165) is 25.7 Å². The molecule has 0 saturated carbocycles. The Morgan fingerprint density at radius 3 is 2.04 bits per heavy atom. The standard InChI is InChI=1S/C16H29NO7/c1-2-3-4-5-6-7-8-9-12(17)24-14(20)11-16(23,15(21)22)10-13(18)19/h12,23H,2-11,17H2,1H3,(H,18,19)(H,21,22). The molecule has 0 aliphatic rings. The van der Waals surface area contributed by atoms with Crippen LogP contribution in [0.25, 0.3) is 0 Å². The molecule has 0 aliphatic heterocycles. The molecular weight excluding hydrogens is 318 g/mol. The molecular formula is C16H29NO7. The Kier molecular flexibility index (Phi) is 11.0. The predicted molar refractivity (Wildman–Crippen MR) is 86.1 cm³/mol. The van der Waals surface area contributed by atoms with E-state index in [-0.39, 0.29) is 0 Å². The first-order valence-corrected chi connectivity index (χ1v) is 8.34. The molecule has 0 amide bonds. The molecule has 0 aromatic heterocycles. The van der Waals surface area contributed by atoms with Crippen LogP contribution in [0.4, 0.5) is 0 Å². The quantitative estimate of drug-likeness (QED) is 0.210. The smallest absolute Gasteiger partial charge is 0.336 e. The zero-order valence-corrected chi connectivity index (χ0v) is 14.2. The second kappa shape index (κ2) is 11.8. The van der Waals surface area contributed by atoms with Crippen LogP contribution in [0, 0.1) is 0 Å². The summed E-state index contributed by atoms with van der Waals surface area (Å²) in [5, 5.41) is 27.2. The Morgan fingerprint density at radius 1 is 1.00 bits per heavy atom. The van der Waals surface area contributed by atoms with Gasteiger partial charge in [-0.25, -0.2) is 4.79 Å². The number of aliphatic hydroxyl groups is 1. The topological polar surface area (TPSA) is 147 Å². The Morgan fingerprint density at radius 2 is 1.54 bits per heavy atom. The molecule has 0 rings (SSSR count). The van der Waals surface area contributed by atoms with E-state index in [1.807, 2.05) is 0 Å². The van der Waals surface area contributed by atoms with E-state index in [4.69, 9.17) is 20.7 Å². The van der Waals surface area contributed by atoms with Crippen molar-refractivity contribution in [1.82, 2.24) is 0 Å². The van der Waals surface area contributed by atoms with E-state index in [9.17, 15) is 19.5 Å². The van der Waals surface area contributed by atoms with Crippen molar-refractivity contribution < 1.29 is 34.4 Å². The zero-order chi connectivity index (χ0) is 18.6. The second-order valence-corrected chi connectivity index (χ2v) is 6.02. The normalized spacial score (nSPS) is 14.6. The number of aliphatic carboxylic acids is 2. The van der Waals surface area contributed by atoms with Gasteiger partial charge in [0.15, 0.2) is 11.8 Å². The van der Waals surface area contributed by atoms with E-state index in [1.165, 1.54) is 19.3 Å². The largest absolute Gasteiger partial charge is 0.481 e. The highest BCUT2D eigenvalue weighted by atomic mass is 16.6. The molecule has 0 spiro atoms. The number of hydrogen-bond acceptors (Lipinski definition) is 6. The van der Waals surface area contributed by atoms with Crippen LogP contribution in [0.3, 0.4) is 0 Å². The summed E-state index contributed by atoms with van der Waals surface area (Å²) in [6, 6.07) is 0. The van der Waals surface area contributed by atoms with Crippen LogP contribution in [-0.2, 0) is 19.1 Å². The highest BCUT2D eigenvalue weighted by Crippen LogP contribution is 2.18. The van der Waals surface area contributed by atoms with Gasteiger partial charge in [-0.05, 0) is 12.8 Å². The molecule has 0 radical (unpaired) electrons. The third kappa shape index (κ3) is 10.2. The molecule has 2 unspecified atom stereocenters. The molecule has 8 nitrogen and oxygen atoms in total. The molecule has 0 heterocycles. The van der Waals surface area contributed by atoms with Crippen molar-refractivity contribution in [3.8, 4) is 0 Å². The SMILES string of the molecule is CCCCCCCCCC(N)OC(=O)CC(O)(CC(=O)O)C(=O)O. The fraction of sp³-hybridized carbons (Fsp3) is 0.812. The lowest BCUT2D eigenvalue weighted by Crippen LogP contribution is -2.44. The first-order chi connectivity index (χ1) is 11.2. The van der Waals surface area contributed by atoms with Crippen molar-refractivity contribution in [2.45, 2.75) is 83.0 Å². The number of esters is 1. The fourth-order valence-electron chi connectivity index (χ4n) is 2.27. The van der Waals surface area contributed by atoms with Crippen molar-refractivity contribution in [1.29, 1.82) is 0 Å². The molecule has 24 heavy (non-hydrogen) atoms. The number of carboxylic acids is 2. The van der Waals surface area contributed by atoms with Crippen molar-refractivity contribution >= 4 is 17.9 Å². The van der Waals surface area contributed by atoms with Crippen LogP contribution in [0.2, 0.25) is 0 Å². The van der Waals surface area contributed by atoms with Crippen LogP contribution in [0.1, 0.15) is 71.1 Å². The van der Waals surface area contributed by atoms with Crippen molar-refractivity contribution in [3.63, 3.8) is 0 Å². The third-order valence-corrected chi connectivity index (χ3v) is 3.65.